The Kier molecular flexibility index (Phi) is 3.05. The number of aromatic amines is 1. The summed E-state index contributed by atoms with van der Waals surface area (Å²) in [6.45, 7) is 0. The molecule has 4 nitrogen and oxygen atoms in total. The summed E-state index contributed by atoms with van der Waals surface area (Å²) in [5.74, 6) is 0. The van der Waals surface area contributed by atoms with Crippen LogP contribution in [0.4, 0.5) is 0 Å². The molecule has 0 spiro atoms. The third-order valence-electron chi connectivity index (χ3n) is 4.46. The predicted molar refractivity (Wildman–Crippen MR) is 104 cm³/mol. The number of hydrogen-bond acceptors (Lipinski definition) is 2. The summed E-state index contributed by atoms with van der Waals surface area (Å²) in [4.78, 5) is 19.6. The van der Waals surface area contributed by atoms with Crippen molar-refractivity contribution in [3.8, 4) is 0 Å². The Morgan fingerprint density at radius 2 is 1.92 bits per heavy atom. The van der Waals surface area contributed by atoms with Crippen molar-refractivity contribution in [2.75, 3.05) is 0 Å². The number of nitrogens with zero attached hydrogens (tertiary/aromatic N) is 2. The lowest BCUT2D eigenvalue weighted by molar-refractivity contribution is 1.17. The third kappa shape index (κ3) is 2.13. The molecule has 2 aromatic heterocycles. The summed E-state index contributed by atoms with van der Waals surface area (Å²) in [7, 11) is 0. The van der Waals surface area contributed by atoms with E-state index < -0.39 is 0 Å². The number of aromatic nitrogens is 3. The average Bonchev–Trinajstić information content (AvgIpc) is 3.20. The zero-order valence-electron chi connectivity index (χ0n) is 13.0. The molecule has 0 aliphatic carbocycles. The van der Waals surface area contributed by atoms with Crippen molar-refractivity contribution in [2.24, 2.45) is 0 Å². The van der Waals surface area contributed by atoms with E-state index in [1.807, 2.05) is 40.9 Å². The summed E-state index contributed by atoms with van der Waals surface area (Å²) in [5.41, 5.74) is 3.13. The number of rotatable bonds is 1. The molecule has 5 heteroatoms. The molecule has 0 unspecified atom stereocenters. The van der Waals surface area contributed by atoms with Gasteiger partial charge in [0.15, 0.2) is 0 Å². The van der Waals surface area contributed by atoms with Crippen LogP contribution in [0.15, 0.2) is 70.2 Å². The minimum atomic E-state index is -0.178. The molecule has 3 aromatic carbocycles. The summed E-state index contributed by atoms with van der Waals surface area (Å²) < 4.78 is 2.90. The van der Waals surface area contributed by atoms with Crippen molar-refractivity contribution in [3.05, 3.63) is 86.5 Å². The van der Waals surface area contributed by atoms with E-state index in [0.717, 1.165) is 37.1 Å². The first-order chi connectivity index (χ1) is 12.2. The number of fused-ring (bicyclic) bond motifs is 5. The van der Waals surface area contributed by atoms with Gasteiger partial charge in [-0.05, 0) is 29.2 Å². The Morgan fingerprint density at radius 1 is 1.08 bits per heavy atom. The van der Waals surface area contributed by atoms with Gasteiger partial charge in [0.2, 0.25) is 5.65 Å². The fraction of sp³-hybridized carbons (Fsp3) is 0. The minimum Gasteiger partial charge on any atom is -0.317 e. The van der Waals surface area contributed by atoms with Crippen molar-refractivity contribution < 1.29 is 0 Å². The van der Waals surface area contributed by atoms with Crippen LogP contribution in [0, 0.1) is 0 Å². The van der Waals surface area contributed by atoms with Gasteiger partial charge in [-0.1, -0.05) is 52.3 Å². The van der Waals surface area contributed by atoms with E-state index in [1.165, 1.54) is 0 Å². The second-order valence-corrected chi connectivity index (χ2v) is 6.87. The fourth-order valence-corrected chi connectivity index (χ4v) is 3.85. The second-order valence-electron chi connectivity index (χ2n) is 5.96. The van der Waals surface area contributed by atoms with Crippen LogP contribution in [0.2, 0.25) is 0 Å². The van der Waals surface area contributed by atoms with Gasteiger partial charge in [-0.25, -0.2) is 4.98 Å². The topological polar surface area (TPSA) is 50.2 Å². The average molecular weight is 390 g/mol. The van der Waals surface area contributed by atoms with Gasteiger partial charge in [-0.15, -0.1) is 0 Å². The maximum absolute atomic E-state index is 12.4. The Morgan fingerprint density at radius 3 is 2.76 bits per heavy atom. The van der Waals surface area contributed by atoms with Crippen LogP contribution < -0.4 is 10.8 Å². The monoisotopic (exact) mass is 389 g/mol. The highest BCUT2D eigenvalue weighted by Gasteiger charge is 2.13. The molecule has 5 rings (SSSR count). The van der Waals surface area contributed by atoms with Gasteiger partial charge < -0.3 is 4.98 Å². The Hall–Kier alpha value is -2.92. The van der Waals surface area contributed by atoms with E-state index in [-0.39, 0.29) is 5.56 Å². The number of benzene rings is 2. The first-order valence-corrected chi connectivity index (χ1v) is 8.68. The zero-order valence-corrected chi connectivity index (χ0v) is 14.6. The SMILES string of the molecule is O=c1[nH]c2c3ccccc3/c(=C\c3cccc(Br)c3)c2n2ccnc12. The zero-order chi connectivity index (χ0) is 17.0. The molecule has 0 saturated carbocycles. The van der Waals surface area contributed by atoms with Crippen molar-refractivity contribution in [2.45, 2.75) is 0 Å². The van der Waals surface area contributed by atoms with Crippen LogP contribution in [-0.4, -0.2) is 14.4 Å². The maximum atomic E-state index is 12.4. The van der Waals surface area contributed by atoms with E-state index in [9.17, 15) is 4.79 Å². The summed E-state index contributed by atoms with van der Waals surface area (Å²) in [6, 6.07) is 16.3. The highest BCUT2D eigenvalue weighted by atomic mass is 79.9. The molecule has 120 valence electrons. The Balaban J connectivity index is 2.07. The molecule has 2 heterocycles. The lowest BCUT2D eigenvalue weighted by atomic mass is 10.1. The molecule has 5 aromatic rings. The summed E-state index contributed by atoms with van der Waals surface area (Å²) >= 11 is 3.53. The highest BCUT2D eigenvalue weighted by Crippen LogP contribution is 2.22. The Bertz CT molecular complexity index is 1380. The highest BCUT2D eigenvalue weighted by molar-refractivity contribution is 9.10. The van der Waals surface area contributed by atoms with Crippen molar-refractivity contribution >= 4 is 49.5 Å². The number of nitrogens with one attached hydrogen (secondary N) is 1. The first-order valence-electron chi connectivity index (χ1n) is 7.89. The molecule has 0 atom stereocenters. The van der Waals surface area contributed by atoms with E-state index in [1.54, 1.807) is 6.20 Å². The van der Waals surface area contributed by atoms with Crippen molar-refractivity contribution in [1.29, 1.82) is 0 Å². The molecule has 1 N–H and O–H groups in total. The third-order valence-corrected chi connectivity index (χ3v) is 4.95. The van der Waals surface area contributed by atoms with Crippen LogP contribution in [0.1, 0.15) is 5.56 Å². The fourth-order valence-electron chi connectivity index (χ4n) is 3.43. The van der Waals surface area contributed by atoms with Crippen LogP contribution in [0.25, 0.3) is 33.5 Å². The van der Waals surface area contributed by atoms with Gasteiger partial charge in [-0.2, -0.15) is 0 Å². The molecule has 25 heavy (non-hydrogen) atoms. The van der Waals surface area contributed by atoms with E-state index in [4.69, 9.17) is 0 Å². The normalized spacial score (nSPS) is 12.6. The molecular weight excluding hydrogens is 378 g/mol. The maximum Gasteiger partial charge on any atom is 0.292 e. The molecule has 0 aliphatic rings. The standard InChI is InChI=1S/C20H12BrN3O/c21-13-5-3-4-12(10-13)11-16-14-6-1-2-7-15(14)17-18(16)24-9-8-22-19(24)20(25)23-17/h1-11H,(H,23,25)/b16-11+. The molecule has 0 aliphatic heterocycles. The van der Waals surface area contributed by atoms with Crippen molar-refractivity contribution in [3.63, 3.8) is 0 Å². The number of hydrogen-bond donors (Lipinski definition) is 1. The lowest BCUT2D eigenvalue weighted by Crippen LogP contribution is -2.13. The van der Waals surface area contributed by atoms with E-state index in [0.29, 0.717) is 5.65 Å². The quantitative estimate of drug-likeness (QED) is 0.475. The molecule has 0 amide bonds. The van der Waals surface area contributed by atoms with Gasteiger partial charge in [0.1, 0.15) is 0 Å². The van der Waals surface area contributed by atoms with Gasteiger partial charge in [0.25, 0.3) is 5.56 Å². The van der Waals surface area contributed by atoms with Gasteiger partial charge in [0, 0.05) is 27.5 Å². The molecular formula is C20H12BrN3O. The van der Waals surface area contributed by atoms with Crippen molar-refractivity contribution in [1.82, 2.24) is 14.4 Å². The first kappa shape index (κ1) is 14.4. The molecule has 0 radical (unpaired) electrons. The van der Waals surface area contributed by atoms with Gasteiger partial charge in [-0.3, -0.25) is 9.20 Å². The minimum absolute atomic E-state index is 0.178. The molecule has 0 fully saturated rings. The second kappa shape index (κ2) is 5.29. The molecule has 0 bridgehead atoms. The van der Waals surface area contributed by atoms with Crippen LogP contribution in [0.5, 0.6) is 0 Å². The van der Waals surface area contributed by atoms with Crippen LogP contribution in [-0.2, 0) is 0 Å². The Labute approximate surface area is 150 Å². The van der Waals surface area contributed by atoms with E-state index >= 15 is 0 Å². The van der Waals surface area contributed by atoms with Gasteiger partial charge in [0.05, 0.1) is 11.0 Å². The predicted octanol–water partition coefficient (Wildman–Crippen LogP) is 3.64. The largest absolute Gasteiger partial charge is 0.317 e. The summed E-state index contributed by atoms with van der Waals surface area (Å²) in [5, 5.41) is 3.21. The number of H-pyrrole nitrogens is 1. The smallest absolute Gasteiger partial charge is 0.292 e. The molecule has 0 saturated heterocycles. The van der Waals surface area contributed by atoms with Gasteiger partial charge >= 0.3 is 0 Å². The number of halogens is 1. The lowest BCUT2D eigenvalue weighted by Gasteiger charge is -1.98. The summed E-state index contributed by atoms with van der Waals surface area (Å²) in [6.07, 6.45) is 5.64. The van der Waals surface area contributed by atoms with Crippen LogP contribution in [0.3, 0.4) is 0 Å². The van der Waals surface area contributed by atoms with E-state index in [2.05, 4.69) is 50.2 Å². The number of imidazole rings is 1. The van der Waals surface area contributed by atoms with Crippen LogP contribution >= 0.6 is 15.9 Å².